The Morgan fingerprint density at radius 3 is 2.42 bits per heavy atom. The lowest BCUT2D eigenvalue weighted by Crippen LogP contribution is -2.23. The number of benzene rings is 3. The first-order valence-corrected chi connectivity index (χ1v) is 11.2. The zero-order chi connectivity index (χ0) is 23.4. The van der Waals surface area contributed by atoms with E-state index in [-0.39, 0.29) is 5.91 Å². The predicted molar refractivity (Wildman–Crippen MR) is 131 cm³/mol. The molecule has 1 heterocycles. The second-order valence-corrected chi connectivity index (χ2v) is 8.48. The summed E-state index contributed by atoms with van der Waals surface area (Å²) in [6, 6.07) is 22.3. The second kappa shape index (κ2) is 10.1. The molecular weight excluding hydrogens is 457 g/mol. The zero-order valence-electron chi connectivity index (χ0n) is 18.3. The lowest BCUT2D eigenvalue weighted by atomic mass is 10.1. The third-order valence-electron chi connectivity index (χ3n) is 5.37. The Morgan fingerprint density at radius 1 is 1.00 bits per heavy atom. The van der Waals surface area contributed by atoms with Gasteiger partial charge in [0, 0.05) is 28.4 Å². The first-order valence-electron chi connectivity index (χ1n) is 10.5. The summed E-state index contributed by atoms with van der Waals surface area (Å²) < 4.78 is 7.65. The molecule has 0 atom stereocenters. The van der Waals surface area contributed by atoms with Gasteiger partial charge < -0.3 is 10.1 Å². The van der Waals surface area contributed by atoms with Crippen LogP contribution in [0.2, 0.25) is 10.0 Å². The summed E-state index contributed by atoms with van der Waals surface area (Å²) in [6.45, 7) is 4.70. The molecule has 33 heavy (non-hydrogen) atoms. The van der Waals surface area contributed by atoms with Crippen molar-refractivity contribution >= 4 is 29.1 Å². The van der Waals surface area contributed by atoms with E-state index in [9.17, 15) is 4.79 Å². The van der Waals surface area contributed by atoms with Gasteiger partial charge in [-0.05, 0) is 61.9 Å². The van der Waals surface area contributed by atoms with Gasteiger partial charge in [0.1, 0.15) is 12.4 Å². The molecule has 0 unspecified atom stereocenters. The van der Waals surface area contributed by atoms with E-state index < -0.39 is 0 Å². The normalized spacial score (nSPS) is 10.8. The molecule has 0 spiro atoms. The number of amides is 1. The quantitative estimate of drug-likeness (QED) is 0.338. The first kappa shape index (κ1) is 22.9. The van der Waals surface area contributed by atoms with E-state index in [0.717, 1.165) is 28.2 Å². The highest BCUT2D eigenvalue weighted by atomic mass is 35.5. The third-order valence-corrected chi connectivity index (χ3v) is 5.90. The zero-order valence-corrected chi connectivity index (χ0v) is 19.8. The van der Waals surface area contributed by atoms with Crippen molar-refractivity contribution in [3.63, 3.8) is 0 Å². The van der Waals surface area contributed by atoms with Gasteiger partial charge >= 0.3 is 0 Å². The van der Waals surface area contributed by atoms with Gasteiger partial charge in [0.05, 0.1) is 16.4 Å². The van der Waals surface area contributed by atoms with Crippen molar-refractivity contribution < 1.29 is 9.53 Å². The highest BCUT2D eigenvalue weighted by Crippen LogP contribution is 2.28. The first-order chi connectivity index (χ1) is 15.9. The number of para-hydroxylation sites is 1. The Kier molecular flexibility index (Phi) is 7.02. The van der Waals surface area contributed by atoms with Crippen LogP contribution in [0.5, 0.6) is 5.75 Å². The summed E-state index contributed by atoms with van der Waals surface area (Å²) in [6.07, 6.45) is 0. The average Bonchev–Trinajstić information content (AvgIpc) is 3.11. The Bertz CT molecular complexity index is 1270. The fourth-order valence-electron chi connectivity index (χ4n) is 3.53. The Morgan fingerprint density at radius 2 is 1.73 bits per heavy atom. The average molecular weight is 480 g/mol. The highest BCUT2D eigenvalue weighted by molar-refractivity contribution is 6.35. The van der Waals surface area contributed by atoms with E-state index in [2.05, 4.69) is 10.4 Å². The largest absolute Gasteiger partial charge is 0.487 e. The fourth-order valence-corrected chi connectivity index (χ4v) is 3.99. The summed E-state index contributed by atoms with van der Waals surface area (Å²) in [5, 5.41) is 8.65. The molecule has 0 bridgehead atoms. The Labute approximate surface area is 202 Å². The van der Waals surface area contributed by atoms with Crippen LogP contribution < -0.4 is 10.1 Å². The number of nitrogens with one attached hydrogen (secondary N) is 1. The number of carbonyl (C=O) groups is 1. The maximum atomic E-state index is 12.7. The second-order valence-electron chi connectivity index (χ2n) is 7.64. The van der Waals surface area contributed by atoms with E-state index in [1.165, 1.54) is 0 Å². The molecule has 0 radical (unpaired) electrons. The lowest BCUT2D eigenvalue weighted by molar-refractivity contribution is 0.0951. The van der Waals surface area contributed by atoms with Crippen LogP contribution in [0.3, 0.4) is 0 Å². The molecule has 0 fully saturated rings. The number of ether oxygens (including phenoxy) is 1. The van der Waals surface area contributed by atoms with Crippen molar-refractivity contribution in [3.8, 4) is 11.4 Å². The number of halogens is 2. The topological polar surface area (TPSA) is 56.2 Å². The molecule has 0 saturated heterocycles. The van der Waals surface area contributed by atoms with Crippen LogP contribution in [-0.4, -0.2) is 15.7 Å². The van der Waals surface area contributed by atoms with Crippen molar-refractivity contribution in [3.05, 3.63) is 111 Å². The van der Waals surface area contributed by atoms with Gasteiger partial charge in [-0.3, -0.25) is 4.79 Å². The van der Waals surface area contributed by atoms with E-state index in [4.69, 9.17) is 27.9 Å². The number of aryl methyl sites for hydroxylation is 1. The van der Waals surface area contributed by atoms with Crippen LogP contribution in [0.25, 0.3) is 5.69 Å². The van der Waals surface area contributed by atoms with Gasteiger partial charge in [-0.2, -0.15) is 5.10 Å². The summed E-state index contributed by atoms with van der Waals surface area (Å²) in [4.78, 5) is 12.7. The van der Waals surface area contributed by atoms with E-state index in [1.807, 2.05) is 61.0 Å². The molecule has 0 saturated carbocycles. The molecule has 4 aromatic rings. The van der Waals surface area contributed by atoms with Crippen molar-refractivity contribution in [1.29, 1.82) is 0 Å². The summed E-state index contributed by atoms with van der Waals surface area (Å²) in [5.74, 6) is 0.416. The number of rotatable bonds is 7. The molecule has 7 heteroatoms. The van der Waals surface area contributed by atoms with Crippen molar-refractivity contribution in [1.82, 2.24) is 15.1 Å². The number of hydrogen-bond acceptors (Lipinski definition) is 3. The minimum absolute atomic E-state index is 0.144. The van der Waals surface area contributed by atoms with E-state index in [1.54, 1.807) is 30.3 Å². The van der Waals surface area contributed by atoms with E-state index in [0.29, 0.717) is 34.5 Å². The molecular formula is C26H23Cl2N3O2. The molecule has 0 aliphatic heterocycles. The van der Waals surface area contributed by atoms with Crippen LogP contribution in [0.15, 0.2) is 72.8 Å². The molecule has 0 aliphatic carbocycles. The molecule has 3 aromatic carbocycles. The molecule has 4 rings (SSSR count). The molecule has 1 amide bonds. The summed E-state index contributed by atoms with van der Waals surface area (Å²) >= 11 is 12.0. The van der Waals surface area contributed by atoms with Gasteiger partial charge in [-0.25, -0.2) is 4.68 Å². The highest BCUT2D eigenvalue weighted by Gasteiger charge is 2.14. The van der Waals surface area contributed by atoms with Gasteiger partial charge in [-0.1, -0.05) is 53.5 Å². The molecule has 1 N–H and O–H groups in total. The summed E-state index contributed by atoms with van der Waals surface area (Å²) in [7, 11) is 0. The van der Waals surface area contributed by atoms with Crippen molar-refractivity contribution in [2.45, 2.75) is 27.0 Å². The summed E-state index contributed by atoms with van der Waals surface area (Å²) in [5.41, 5.74) is 5.41. The standard InChI is InChI=1S/C26H23Cl2N3O2/c1-17-23(18(2)31(30-17)22-6-4-3-5-7-22)15-29-26(32)20-10-8-19(9-11-20)16-33-25-13-12-21(27)14-24(25)28/h3-14H,15-16H2,1-2H3,(H,29,32). The van der Waals surface area contributed by atoms with Crippen LogP contribution >= 0.6 is 23.2 Å². The number of nitrogens with zero attached hydrogens (tertiary/aromatic N) is 2. The minimum Gasteiger partial charge on any atom is -0.487 e. The maximum Gasteiger partial charge on any atom is 0.251 e. The fraction of sp³-hybridized carbons (Fsp3) is 0.154. The van der Waals surface area contributed by atoms with Crippen molar-refractivity contribution in [2.24, 2.45) is 0 Å². The number of aromatic nitrogens is 2. The smallest absolute Gasteiger partial charge is 0.251 e. The molecule has 1 aromatic heterocycles. The maximum absolute atomic E-state index is 12.7. The molecule has 0 aliphatic rings. The van der Waals surface area contributed by atoms with Crippen LogP contribution in [-0.2, 0) is 13.2 Å². The van der Waals surface area contributed by atoms with Gasteiger partial charge in [0.2, 0.25) is 0 Å². The SMILES string of the molecule is Cc1nn(-c2ccccc2)c(C)c1CNC(=O)c1ccc(COc2ccc(Cl)cc2Cl)cc1. The van der Waals surface area contributed by atoms with Gasteiger partial charge in [0.15, 0.2) is 0 Å². The van der Waals surface area contributed by atoms with Gasteiger partial charge in [-0.15, -0.1) is 0 Å². The lowest BCUT2D eigenvalue weighted by Gasteiger charge is -2.10. The number of carbonyl (C=O) groups excluding carboxylic acids is 1. The van der Waals surface area contributed by atoms with Crippen molar-refractivity contribution in [2.75, 3.05) is 0 Å². The van der Waals surface area contributed by atoms with Crippen LogP contribution in [0.4, 0.5) is 0 Å². The Hall–Kier alpha value is -3.28. The monoisotopic (exact) mass is 479 g/mol. The molecule has 5 nitrogen and oxygen atoms in total. The Balaban J connectivity index is 1.37. The third kappa shape index (κ3) is 5.38. The predicted octanol–water partition coefficient (Wildman–Crippen LogP) is 6.30. The van der Waals surface area contributed by atoms with E-state index >= 15 is 0 Å². The van der Waals surface area contributed by atoms with Crippen LogP contribution in [0, 0.1) is 13.8 Å². The van der Waals surface area contributed by atoms with Crippen LogP contribution in [0.1, 0.15) is 32.9 Å². The molecule has 168 valence electrons. The number of hydrogen-bond donors (Lipinski definition) is 1. The minimum atomic E-state index is -0.144. The van der Waals surface area contributed by atoms with Gasteiger partial charge in [0.25, 0.3) is 5.91 Å².